The van der Waals surface area contributed by atoms with Gasteiger partial charge in [0.2, 0.25) is 5.92 Å². The number of carbonyl (C=O) groups is 2. The third-order valence-electron chi connectivity index (χ3n) is 2.73. The van der Waals surface area contributed by atoms with Gasteiger partial charge in [-0.2, -0.15) is 0 Å². The molecule has 0 unspecified atom stereocenters. The number of esters is 2. The maximum atomic E-state index is 12.9. The van der Waals surface area contributed by atoms with E-state index in [2.05, 4.69) is 4.74 Å². The Morgan fingerprint density at radius 3 is 1.83 bits per heavy atom. The van der Waals surface area contributed by atoms with Crippen LogP contribution in [0.15, 0.2) is 0 Å². The molecule has 0 spiro atoms. The second kappa shape index (κ2) is 6.66. The zero-order valence-electron chi connectivity index (χ0n) is 11.2. The molecular formula is C12H20F2O4. The molecule has 0 radical (unpaired) electrons. The van der Waals surface area contributed by atoms with Gasteiger partial charge in [-0.25, -0.2) is 18.4 Å². The molecule has 6 heteroatoms. The predicted molar refractivity (Wildman–Crippen MR) is 61.3 cm³/mol. The van der Waals surface area contributed by atoms with Crippen molar-refractivity contribution in [3.05, 3.63) is 0 Å². The van der Waals surface area contributed by atoms with Gasteiger partial charge >= 0.3 is 11.9 Å². The van der Waals surface area contributed by atoms with E-state index >= 15 is 0 Å². The number of methoxy groups -OCH3 is 1. The number of halogens is 2. The first-order valence-corrected chi connectivity index (χ1v) is 5.97. The Morgan fingerprint density at radius 2 is 1.44 bits per heavy atom. The van der Waals surface area contributed by atoms with E-state index in [4.69, 9.17) is 4.74 Å². The lowest BCUT2D eigenvalue weighted by atomic mass is 9.84. The van der Waals surface area contributed by atoms with Crippen molar-refractivity contribution in [2.24, 2.45) is 0 Å². The van der Waals surface area contributed by atoms with Crippen molar-refractivity contribution in [2.75, 3.05) is 7.11 Å². The van der Waals surface area contributed by atoms with Crippen molar-refractivity contribution in [2.45, 2.75) is 58.0 Å². The average Bonchev–Trinajstić information content (AvgIpc) is 2.35. The summed E-state index contributed by atoms with van der Waals surface area (Å²) in [7, 11) is 1.06. The minimum atomic E-state index is -2.70. The second-order valence-corrected chi connectivity index (χ2v) is 4.19. The standard InChI is InChI=1S/C10H14F2O4.C2H6/c1-9(16-8(14)7(13)15-2)3-5-10(11,12)6-4-9;1-2/h3-6H2,1-2H3;1-2H3. The van der Waals surface area contributed by atoms with Crippen LogP contribution in [0.1, 0.15) is 46.5 Å². The highest BCUT2D eigenvalue weighted by molar-refractivity contribution is 6.29. The molecular weight excluding hydrogens is 246 g/mol. The minimum Gasteiger partial charge on any atom is -0.461 e. The molecule has 0 aromatic rings. The molecule has 1 rings (SSSR count). The Kier molecular flexibility index (Phi) is 6.21. The summed E-state index contributed by atoms with van der Waals surface area (Å²) in [5, 5.41) is 0. The first kappa shape index (κ1) is 16.8. The zero-order valence-corrected chi connectivity index (χ0v) is 11.2. The topological polar surface area (TPSA) is 52.6 Å². The third kappa shape index (κ3) is 4.98. The first-order valence-electron chi connectivity index (χ1n) is 5.97. The lowest BCUT2D eigenvalue weighted by Crippen LogP contribution is -2.41. The van der Waals surface area contributed by atoms with Crippen molar-refractivity contribution in [1.29, 1.82) is 0 Å². The van der Waals surface area contributed by atoms with Gasteiger partial charge in [0.15, 0.2) is 0 Å². The number of carbonyl (C=O) groups excluding carboxylic acids is 2. The van der Waals surface area contributed by atoms with Crippen LogP contribution in [-0.2, 0) is 19.1 Å². The highest BCUT2D eigenvalue weighted by Crippen LogP contribution is 2.40. The number of hydrogen-bond acceptors (Lipinski definition) is 4. The minimum absolute atomic E-state index is 0.0444. The molecule has 1 aliphatic rings. The van der Waals surface area contributed by atoms with Crippen LogP contribution < -0.4 is 0 Å². The lowest BCUT2D eigenvalue weighted by Gasteiger charge is -2.36. The van der Waals surface area contributed by atoms with Crippen LogP contribution in [0.5, 0.6) is 0 Å². The molecule has 1 aliphatic carbocycles. The van der Waals surface area contributed by atoms with Crippen LogP contribution in [0.3, 0.4) is 0 Å². The quantitative estimate of drug-likeness (QED) is 0.541. The van der Waals surface area contributed by atoms with Gasteiger partial charge in [-0.15, -0.1) is 0 Å². The number of rotatable bonds is 1. The normalized spacial score (nSPS) is 20.1. The van der Waals surface area contributed by atoms with Crippen molar-refractivity contribution in [3.8, 4) is 0 Å². The molecule has 18 heavy (non-hydrogen) atoms. The Balaban J connectivity index is 0.00000137. The Bertz CT molecular complexity index is 292. The highest BCUT2D eigenvalue weighted by Gasteiger charge is 2.43. The van der Waals surface area contributed by atoms with Crippen molar-refractivity contribution < 1.29 is 27.8 Å². The van der Waals surface area contributed by atoms with Crippen LogP contribution in [-0.4, -0.2) is 30.6 Å². The first-order chi connectivity index (χ1) is 8.28. The van der Waals surface area contributed by atoms with Gasteiger partial charge in [-0.1, -0.05) is 13.8 Å². The Labute approximate surface area is 106 Å². The molecule has 0 heterocycles. The van der Waals surface area contributed by atoms with Crippen molar-refractivity contribution >= 4 is 11.9 Å². The molecule has 0 aromatic carbocycles. The molecule has 0 bridgehead atoms. The van der Waals surface area contributed by atoms with Crippen LogP contribution in [0.2, 0.25) is 0 Å². The van der Waals surface area contributed by atoms with Crippen LogP contribution in [0.25, 0.3) is 0 Å². The maximum Gasteiger partial charge on any atom is 0.418 e. The molecule has 0 amide bonds. The fraction of sp³-hybridized carbons (Fsp3) is 0.833. The van der Waals surface area contributed by atoms with Crippen molar-refractivity contribution in [3.63, 3.8) is 0 Å². The van der Waals surface area contributed by atoms with E-state index in [1.165, 1.54) is 0 Å². The lowest BCUT2D eigenvalue weighted by molar-refractivity contribution is -0.182. The summed E-state index contributed by atoms with van der Waals surface area (Å²) in [4.78, 5) is 21.9. The third-order valence-corrected chi connectivity index (χ3v) is 2.73. The molecule has 1 fully saturated rings. The Hall–Kier alpha value is -1.20. The van der Waals surface area contributed by atoms with Crippen LogP contribution in [0, 0.1) is 0 Å². The van der Waals surface area contributed by atoms with E-state index in [0.29, 0.717) is 0 Å². The predicted octanol–water partition coefficient (Wildman–Crippen LogP) is 2.70. The largest absolute Gasteiger partial charge is 0.461 e. The Morgan fingerprint density at radius 1 is 1.00 bits per heavy atom. The van der Waals surface area contributed by atoms with Crippen molar-refractivity contribution in [1.82, 2.24) is 0 Å². The number of alkyl halides is 2. The van der Waals surface area contributed by atoms with Crippen LogP contribution in [0.4, 0.5) is 8.78 Å². The smallest absolute Gasteiger partial charge is 0.418 e. The van der Waals surface area contributed by atoms with E-state index in [1.807, 2.05) is 13.8 Å². The van der Waals surface area contributed by atoms with E-state index in [0.717, 1.165) is 7.11 Å². The molecule has 0 aliphatic heterocycles. The zero-order chi connectivity index (χ0) is 14.4. The number of ether oxygens (including phenoxy) is 2. The van der Waals surface area contributed by atoms with E-state index < -0.39 is 23.5 Å². The fourth-order valence-corrected chi connectivity index (χ4v) is 1.60. The summed E-state index contributed by atoms with van der Waals surface area (Å²) in [6.45, 7) is 5.54. The van der Waals surface area contributed by atoms with Crippen LogP contribution >= 0.6 is 0 Å². The summed E-state index contributed by atoms with van der Waals surface area (Å²) in [5.41, 5.74) is -0.993. The van der Waals surface area contributed by atoms with E-state index in [9.17, 15) is 18.4 Å². The molecule has 0 saturated heterocycles. The van der Waals surface area contributed by atoms with Gasteiger partial charge in [-0.05, 0) is 19.8 Å². The monoisotopic (exact) mass is 266 g/mol. The van der Waals surface area contributed by atoms with Gasteiger partial charge in [0.25, 0.3) is 0 Å². The van der Waals surface area contributed by atoms with Gasteiger partial charge < -0.3 is 9.47 Å². The molecule has 0 atom stereocenters. The van der Waals surface area contributed by atoms with Gasteiger partial charge in [0, 0.05) is 12.8 Å². The summed E-state index contributed by atoms with van der Waals surface area (Å²) >= 11 is 0. The summed E-state index contributed by atoms with van der Waals surface area (Å²) in [6.07, 6.45) is -0.582. The molecule has 0 N–H and O–H groups in total. The van der Waals surface area contributed by atoms with E-state index in [1.54, 1.807) is 6.92 Å². The van der Waals surface area contributed by atoms with E-state index in [-0.39, 0.29) is 25.7 Å². The molecule has 0 aromatic heterocycles. The molecule has 4 nitrogen and oxygen atoms in total. The molecule has 106 valence electrons. The summed E-state index contributed by atoms with van der Waals surface area (Å²) in [5.74, 6) is -4.94. The number of hydrogen-bond donors (Lipinski definition) is 0. The van der Waals surface area contributed by atoms with Gasteiger partial charge in [-0.3, -0.25) is 0 Å². The summed E-state index contributed by atoms with van der Waals surface area (Å²) in [6, 6.07) is 0. The second-order valence-electron chi connectivity index (χ2n) is 4.19. The SMILES string of the molecule is CC.COC(=O)C(=O)OC1(C)CCC(F)(F)CC1. The fourth-order valence-electron chi connectivity index (χ4n) is 1.60. The average molecular weight is 266 g/mol. The van der Waals surface area contributed by atoms with Gasteiger partial charge in [0.05, 0.1) is 7.11 Å². The summed E-state index contributed by atoms with van der Waals surface area (Å²) < 4.78 is 34.8. The molecule has 1 saturated carbocycles. The maximum absolute atomic E-state index is 12.9. The van der Waals surface area contributed by atoms with Gasteiger partial charge in [0.1, 0.15) is 5.60 Å². The highest BCUT2D eigenvalue weighted by atomic mass is 19.3.